The van der Waals surface area contributed by atoms with Crippen molar-refractivity contribution in [3.63, 3.8) is 0 Å². The number of carbonyl (C=O) groups excluding carboxylic acids is 2. The second-order valence-electron chi connectivity index (χ2n) is 8.02. The molecule has 0 radical (unpaired) electrons. The number of hydrogen-bond donors (Lipinski definition) is 1. The molecule has 0 saturated carbocycles. The zero-order valence-electron chi connectivity index (χ0n) is 18.4. The van der Waals surface area contributed by atoms with Gasteiger partial charge in [0.15, 0.2) is 5.78 Å². The minimum absolute atomic E-state index is 0.0259. The van der Waals surface area contributed by atoms with E-state index in [0.717, 1.165) is 29.8 Å². The van der Waals surface area contributed by atoms with E-state index in [2.05, 4.69) is 11.5 Å². The Morgan fingerprint density at radius 1 is 0.938 bits per heavy atom. The number of amides is 1. The minimum atomic E-state index is -0.447. The van der Waals surface area contributed by atoms with Crippen LogP contribution in [-0.2, 0) is 11.2 Å². The Hall–Kier alpha value is -3.60. The summed E-state index contributed by atoms with van der Waals surface area (Å²) in [4.78, 5) is 28.6. The van der Waals surface area contributed by atoms with E-state index in [1.165, 1.54) is 0 Å². The predicted molar refractivity (Wildman–Crippen MR) is 129 cm³/mol. The summed E-state index contributed by atoms with van der Waals surface area (Å²) in [5.74, 6) is -0.115. The molecule has 3 aromatic rings. The summed E-state index contributed by atoms with van der Waals surface area (Å²) in [7, 11) is 0. The van der Waals surface area contributed by atoms with Crippen LogP contribution in [0, 0.1) is 0 Å². The quantitative estimate of drug-likeness (QED) is 0.558. The average molecular weight is 428 g/mol. The Balaban J connectivity index is 1.61. The molecular weight excluding hydrogens is 398 g/mol. The van der Waals surface area contributed by atoms with Gasteiger partial charge in [-0.1, -0.05) is 66.7 Å². The van der Waals surface area contributed by atoms with Gasteiger partial charge in [0.2, 0.25) is 0 Å². The molecule has 1 N–H and O–H groups in total. The number of carbonyl (C=O) groups is 2. The van der Waals surface area contributed by atoms with Gasteiger partial charge in [0, 0.05) is 17.8 Å². The molecule has 1 aliphatic rings. The first-order valence-electron chi connectivity index (χ1n) is 11.2. The molecule has 0 fully saturated rings. The number of likely N-dealkylation sites (N-methyl/N-ethyl adjacent to an activating group) is 1. The third kappa shape index (κ3) is 4.83. The standard InChI is InChI=1S/C27H29N3O2/c1-2-29(23-16-7-4-8-17-23)20-26(31)28-30-24-18-10-9-12-21(24)15-11-19-25(30)27(32)22-13-5-3-6-14-22/h3-10,12-14,16-18,25H,2,11,15,19-20H2,1H3,(H,28,31). The lowest BCUT2D eigenvalue weighted by molar-refractivity contribution is -0.120. The average Bonchev–Trinajstić information content (AvgIpc) is 3.02. The number of aryl methyl sites for hydroxylation is 1. The molecule has 0 bridgehead atoms. The summed E-state index contributed by atoms with van der Waals surface area (Å²) in [6.45, 7) is 2.95. The molecule has 1 amide bonds. The van der Waals surface area contributed by atoms with Gasteiger partial charge in [0.05, 0.1) is 12.2 Å². The molecule has 32 heavy (non-hydrogen) atoms. The van der Waals surface area contributed by atoms with E-state index in [-0.39, 0.29) is 18.2 Å². The maximum Gasteiger partial charge on any atom is 0.258 e. The molecule has 4 rings (SSSR count). The first kappa shape index (κ1) is 21.6. The van der Waals surface area contributed by atoms with Crippen molar-refractivity contribution in [2.75, 3.05) is 23.0 Å². The van der Waals surface area contributed by atoms with E-state index in [9.17, 15) is 9.59 Å². The molecule has 1 aliphatic heterocycles. The fraction of sp³-hybridized carbons (Fsp3) is 0.259. The summed E-state index contributed by atoms with van der Waals surface area (Å²) < 4.78 is 0. The first-order valence-corrected chi connectivity index (χ1v) is 11.2. The van der Waals surface area contributed by atoms with Crippen molar-refractivity contribution in [2.45, 2.75) is 32.2 Å². The second kappa shape index (κ2) is 10.1. The lowest BCUT2D eigenvalue weighted by Crippen LogP contribution is -2.54. The molecule has 1 atom stereocenters. The number of nitrogens with one attached hydrogen (secondary N) is 1. The van der Waals surface area contributed by atoms with E-state index >= 15 is 0 Å². The summed E-state index contributed by atoms with van der Waals surface area (Å²) in [5.41, 5.74) is 6.79. The topological polar surface area (TPSA) is 52.7 Å². The van der Waals surface area contributed by atoms with E-state index in [4.69, 9.17) is 0 Å². The zero-order chi connectivity index (χ0) is 22.3. The number of hydrogen-bond acceptors (Lipinski definition) is 4. The molecule has 0 aromatic heterocycles. The van der Waals surface area contributed by atoms with Crippen LogP contribution < -0.4 is 15.3 Å². The summed E-state index contributed by atoms with van der Waals surface area (Å²) in [6, 6.07) is 26.8. The Labute approximate surface area is 189 Å². The van der Waals surface area contributed by atoms with E-state index in [1.807, 2.05) is 90.7 Å². The molecule has 1 heterocycles. The number of fused-ring (bicyclic) bond motifs is 1. The van der Waals surface area contributed by atoms with Gasteiger partial charge in [-0.2, -0.15) is 0 Å². The number of benzene rings is 3. The highest BCUT2D eigenvalue weighted by Gasteiger charge is 2.32. The Morgan fingerprint density at radius 2 is 1.59 bits per heavy atom. The molecule has 1 unspecified atom stereocenters. The number of nitrogens with zero attached hydrogens (tertiary/aromatic N) is 2. The molecule has 5 nitrogen and oxygen atoms in total. The number of hydrazine groups is 1. The monoisotopic (exact) mass is 427 g/mol. The van der Waals surface area contributed by atoms with Crippen LogP contribution in [0.15, 0.2) is 84.9 Å². The fourth-order valence-electron chi connectivity index (χ4n) is 4.29. The molecule has 5 heteroatoms. The van der Waals surface area contributed by atoms with Crippen molar-refractivity contribution in [2.24, 2.45) is 0 Å². The van der Waals surface area contributed by atoms with E-state index < -0.39 is 6.04 Å². The second-order valence-corrected chi connectivity index (χ2v) is 8.02. The highest BCUT2D eigenvalue weighted by molar-refractivity contribution is 6.02. The van der Waals surface area contributed by atoms with Gasteiger partial charge in [-0.05, 0) is 49.9 Å². The molecular formula is C27H29N3O2. The van der Waals surface area contributed by atoms with Crippen molar-refractivity contribution >= 4 is 23.1 Å². The van der Waals surface area contributed by atoms with Gasteiger partial charge >= 0.3 is 0 Å². The van der Waals surface area contributed by atoms with Gasteiger partial charge in [0.25, 0.3) is 5.91 Å². The number of Topliss-reactive ketones (excluding diaryl/α,β-unsaturated/α-hetero) is 1. The minimum Gasteiger partial charge on any atom is -0.362 e. The third-order valence-corrected chi connectivity index (χ3v) is 5.93. The van der Waals surface area contributed by atoms with Gasteiger partial charge < -0.3 is 4.90 Å². The number of rotatable bonds is 7. The van der Waals surface area contributed by atoms with Gasteiger partial charge in [0.1, 0.15) is 6.04 Å². The van der Waals surface area contributed by atoms with Crippen molar-refractivity contribution in [3.8, 4) is 0 Å². The number of ketones is 1. The molecule has 0 aliphatic carbocycles. The third-order valence-electron chi connectivity index (χ3n) is 5.93. The van der Waals surface area contributed by atoms with Crippen LogP contribution in [0.3, 0.4) is 0 Å². The van der Waals surface area contributed by atoms with Gasteiger partial charge in [-0.3, -0.25) is 20.0 Å². The number of para-hydroxylation sites is 2. The van der Waals surface area contributed by atoms with Crippen LogP contribution in [0.2, 0.25) is 0 Å². The first-order chi connectivity index (χ1) is 15.7. The van der Waals surface area contributed by atoms with Crippen molar-refractivity contribution < 1.29 is 9.59 Å². The Bertz CT molecular complexity index is 1050. The van der Waals surface area contributed by atoms with Crippen molar-refractivity contribution in [1.29, 1.82) is 0 Å². The smallest absolute Gasteiger partial charge is 0.258 e. The molecule has 3 aromatic carbocycles. The molecule has 164 valence electrons. The van der Waals surface area contributed by atoms with Gasteiger partial charge in [-0.25, -0.2) is 0 Å². The van der Waals surface area contributed by atoms with E-state index in [0.29, 0.717) is 18.5 Å². The normalized spacial score (nSPS) is 15.4. The molecule has 0 saturated heterocycles. The molecule has 0 spiro atoms. The largest absolute Gasteiger partial charge is 0.362 e. The van der Waals surface area contributed by atoms with Gasteiger partial charge in [-0.15, -0.1) is 0 Å². The SMILES string of the molecule is CCN(CC(=O)NN1c2ccccc2CCCC1C(=O)c1ccccc1)c1ccccc1. The summed E-state index contributed by atoms with van der Waals surface area (Å²) in [6.07, 6.45) is 2.45. The predicted octanol–water partition coefficient (Wildman–Crippen LogP) is 4.64. The summed E-state index contributed by atoms with van der Waals surface area (Å²) in [5, 5.41) is 1.80. The highest BCUT2D eigenvalue weighted by Crippen LogP contribution is 2.29. The van der Waals surface area contributed by atoms with Crippen LogP contribution in [0.1, 0.15) is 35.7 Å². The van der Waals surface area contributed by atoms with Crippen LogP contribution in [0.25, 0.3) is 0 Å². The van der Waals surface area contributed by atoms with Crippen LogP contribution in [-0.4, -0.2) is 30.8 Å². The Morgan fingerprint density at radius 3 is 2.31 bits per heavy atom. The highest BCUT2D eigenvalue weighted by atomic mass is 16.2. The van der Waals surface area contributed by atoms with Crippen molar-refractivity contribution in [1.82, 2.24) is 5.43 Å². The van der Waals surface area contributed by atoms with Crippen LogP contribution >= 0.6 is 0 Å². The Kier molecular flexibility index (Phi) is 6.85. The fourth-order valence-corrected chi connectivity index (χ4v) is 4.29. The maximum atomic E-state index is 13.5. The zero-order valence-corrected chi connectivity index (χ0v) is 18.4. The summed E-state index contributed by atoms with van der Waals surface area (Å²) >= 11 is 0. The van der Waals surface area contributed by atoms with E-state index in [1.54, 1.807) is 5.01 Å². The number of anilines is 2. The van der Waals surface area contributed by atoms with Crippen LogP contribution in [0.4, 0.5) is 11.4 Å². The lowest BCUT2D eigenvalue weighted by atomic mass is 9.99. The lowest BCUT2D eigenvalue weighted by Gasteiger charge is -2.33. The maximum absolute atomic E-state index is 13.5. The van der Waals surface area contributed by atoms with Crippen molar-refractivity contribution in [3.05, 3.63) is 96.1 Å². The van der Waals surface area contributed by atoms with Crippen LogP contribution in [0.5, 0.6) is 0 Å².